The van der Waals surface area contributed by atoms with E-state index in [0.717, 1.165) is 16.7 Å². The molecule has 158 valence electrons. The predicted octanol–water partition coefficient (Wildman–Crippen LogP) is 5.73. The third kappa shape index (κ3) is 6.48. The number of benzene rings is 2. The van der Waals surface area contributed by atoms with E-state index >= 15 is 0 Å². The topological polar surface area (TPSA) is 53.6 Å². The molecule has 0 unspecified atom stereocenters. The number of likely N-dealkylation sites (N-methyl/N-ethyl adjacent to an activating group) is 1. The van der Waals surface area contributed by atoms with E-state index in [9.17, 15) is 13.6 Å². The first-order valence-corrected chi connectivity index (χ1v) is 11.1. The van der Waals surface area contributed by atoms with Crippen molar-refractivity contribution in [1.29, 1.82) is 0 Å². The summed E-state index contributed by atoms with van der Waals surface area (Å²) in [7, 11) is 0. The molecule has 0 saturated heterocycles. The van der Waals surface area contributed by atoms with Crippen molar-refractivity contribution in [3.05, 3.63) is 54.5 Å². The Morgan fingerprint density at radius 3 is 2.55 bits per heavy atom. The van der Waals surface area contributed by atoms with Crippen LogP contribution in [0.25, 0.3) is 0 Å². The Balaban J connectivity index is 2.23. The van der Waals surface area contributed by atoms with Crippen molar-refractivity contribution in [3.63, 3.8) is 0 Å². The van der Waals surface area contributed by atoms with Gasteiger partial charge < -0.3 is 10.2 Å². The summed E-state index contributed by atoms with van der Waals surface area (Å²) >= 11 is 11.2. The molecule has 2 aromatic rings. The zero-order valence-electron chi connectivity index (χ0n) is 15.8. The van der Waals surface area contributed by atoms with E-state index in [0.29, 0.717) is 17.3 Å². The average Bonchev–Trinajstić information content (AvgIpc) is 2.69. The van der Waals surface area contributed by atoms with Crippen molar-refractivity contribution < 1.29 is 18.4 Å². The molecule has 0 atom stereocenters. The molecule has 0 saturated carbocycles. The Kier molecular flexibility index (Phi) is 9.54. The van der Waals surface area contributed by atoms with E-state index in [1.165, 1.54) is 6.07 Å². The van der Waals surface area contributed by atoms with Gasteiger partial charge in [-0.25, -0.2) is 14.3 Å². The van der Waals surface area contributed by atoms with Gasteiger partial charge in [0.25, 0.3) is 5.91 Å². The molecule has 2 rings (SSSR count). The summed E-state index contributed by atoms with van der Waals surface area (Å²) in [5.41, 5.74) is 2.15. The van der Waals surface area contributed by atoms with Crippen LogP contribution in [0.5, 0.6) is 0 Å². The van der Waals surface area contributed by atoms with Gasteiger partial charge in [-0.3, -0.25) is 9.63 Å². The fourth-order valence-corrected chi connectivity index (χ4v) is 3.81. The number of hydrogen-bond donors (Lipinski definition) is 2. The van der Waals surface area contributed by atoms with E-state index < -0.39 is 17.5 Å². The van der Waals surface area contributed by atoms with Crippen LogP contribution < -0.4 is 10.8 Å². The van der Waals surface area contributed by atoms with E-state index in [2.05, 4.69) is 54.2 Å². The molecular weight excluding hydrogens is 582 g/mol. The monoisotopic (exact) mass is 601 g/mol. The number of nitrogens with one attached hydrogen (secondary N) is 2. The highest BCUT2D eigenvalue weighted by molar-refractivity contribution is 14.1. The highest BCUT2D eigenvalue weighted by atomic mass is 127. The molecule has 0 heterocycles. The number of carbonyl (C=O) groups excluding carboxylic acids is 1. The number of hydrogen-bond acceptors (Lipinski definition) is 4. The molecule has 0 radical (unpaired) electrons. The van der Waals surface area contributed by atoms with Crippen molar-refractivity contribution >= 4 is 67.4 Å². The zero-order chi connectivity index (χ0) is 21.6. The van der Waals surface area contributed by atoms with E-state index in [1.807, 2.05) is 13.8 Å². The minimum atomic E-state index is -1.21. The quantitative estimate of drug-likeness (QED) is 0.167. The maximum Gasteiger partial charge on any atom is 0.277 e. The normalized spacial score (nSPS) is 11.0. The number of rotatable bonds is 9. The van der Waals surface area contributed by atoms with Gasteiger partial charge in [-0.1, -0.05) is 25.4 Å². The van der Waals surface area contributed by atoms with Gasteiger partial charge in [0.2, 0.25) is 0 Å². The number of halogens is 5. The third-order valence-electron chi connectivity index (χ3n) is 4.17. The van der Waals surface area contributed by atoms with Crippen LogP contribution in [-0.2, 0) is 4.84 Å². The van der Waals surface area contributed by atoms with Crippen molar-refractivity contribution in [1.82, 2.24) is 10.4 Å². The second-order valence-electron chi connectivity index (χ2n) is 5.96. The Bertz CT molecular complexity index is 885. The van der Waals surface area contributed by atoms with Gasteiger partial charge in [0.15, 0.2) is 11.6 Å². The Hall–Kier alpha value is -1.01. The lowest BCUT2D eigenvalue weighted by Gasteiger charge is -2.18. The average molecular weight is 603 g/mol. The van der Waals surface area contributed by atoms with Crippen molar-refractivity contribution in [2.45, 2.75) is 13.8 Å². The Labute approximate surface area is 195 Å². The fourth-order valence-electron chi connectivity index (χ4n) is 2.51. The molecule has 0 fully saturated rings. The first-order valence-electron chi connectivity index (χ1n) is 8.82. The molecule has 2 N–H and O–H groups in total. The molecule has 5 nitrogen and oxygen atoms in total. The summed E-state index contributed by atoms with van der Waals surface area (Å²) in [4.78, 5) is 19.9. The molecule has 0 bridgehead atoms. The highest BCUT2D eigenvalue weighted by Gasteiger charge is 2.23. The summed E-state index contributed by atoms with van der Waals surface area (Å²) < 4.78 is 29.4. The van der Waals surface area contributed by atoms with E-state index in [1.54, 1.807) is 18.2 Å². The summed E-state index contributed by atoms with van der Waals surface area (Å²) in [6.07, 6.45) is 0. The minimum Gasteiger partial charge on any atom is -0.351 e. The molecular formula is C19H20BrClF2IN3O2. The van der Waals surface area contributed by atoms with Crippen LogP contribution in [0.3, 0.4) is 0 Å². The van der Waals surface area contributed by atoms with Gasteiger partial charge in [-0.15, -0.1) is 0 Å². The SMILES string of the molecule is CCN(CC)CCONC(=O)c1cc(Br)c(F)c(F)c1Nc1ccc(I)cc1Cl. The van der Waals surface area contributed by atoms with Crippen LogP contribution >= 0.6 is 50.1 Å². The fraction of sp³-hybridized carbons (Fsp3) is 0.316. The summed E-state index contributed by atoms with van der Waals surface area (Å²) in [6.45, 7) is 6.63. The van der Waals surface area contributed by atoms with Gasteiger partial charge in [0, 0.05) is 10.1 Å². The molecule has 0 aliphatic carbocycles. The Morgan fingerprint density at radius 1 is 1.24 bits per heavy atom. The summed E-state index contributed by atoms with van der Waals surface area (Å²) in [5.74, 6) is -3.04. The Morgan fingerprint density at radius 2 is 1.93 bits per heavy atom. The molecule has 0 aromatic heterocycles. The lowest BCUT2D eigenvalue weighted by atomic mass is 10.1. The van der Waals surface area contributed by atoms with E-state index in [4.69, 9.17) is 16.4 Å². The molecule has 0 aliphatic rings. The maximum absolute atomic E-state index is 14.6. The van der Waals surface area contributed by atoms with Crippen molar-refractivity contribution in [3.8, 4) is 0 Å². The van der Waals surface area contributed by atoms with Crippen LogP contribution in [0, 0.1) is 15.2 Å². The van der Waals surface area contributed by atoms with Crippen LogP contribution in [0.4, 0.5) is 20.2 Å². The summed E-state index contributed by atoms with van der Waals surface area (Å²) in [5, 5.41) is 3.02. The molecule has 10 heteroatoms. The lowest BCUT2D eigenvalue weighted by Crippen LogP contribution is -2.32. The van der Waals surface area contributed by atoms with Crippen molar-refractivity contribution in [2.24, 2.45) is 0 Å². The van der Waals surface area contributed by atoms with E-state index in [-0.39, 0.29) is 22.3 Å². The number of carbonyl (C=O) groups is 1. The number of hydroxylamine groups is 1. The second kappa shape index (κ2) is 11.4. The lowest BCUT2D eigenvalue weighted by molar-refractivity contribution is 0.0233. The number of anilines is 2. The molecule has 0 aliphatic heterocycles. The largest absolute Gasteiger partial charge is 0.351 e. The molecule has 0 spiro atoms. The van der Waals surface area contributed by atoms with Gasteiger partial charge in [0.1, 0.15) is 0 Å². The molecule has 1 amide bonds. The van der Waals surface area contributed by atoms with Crippen LogP contribution in [0.1, 0.15) is 24.2 Å². The first kappa shape index (κ1) is 24.3. The van der Waals surface area contributed by atoms with Gasteiger partial charge in [-0.2, -0.15) is 0 Å². The van der Waals surface area contributed by atoms with Crippen molar-refractivity contribution in [2.75, 3.05) is 31.6 Å². The maximum atomic E-state index is 14.6. The zero-order valence-corrected chi connectivity index (χ0v) is 20.3. The first-order chi connectivity index (χ1) is 13.8. The highest BCUT2D eigenvalue weighted by Crippen LogP contribution is 2.34. The predicted molar refractivity (Wildman–Crippen MR) is 123 cm³/mol. The van der Waals surface area contributed by atoms with Crippen LogP contribution in [0.2, 0.25) is 5.02 Å². The van der Waals surface area contributed by atoms with Crippen LogP contribution in [-0.4, -0.2) is 37.0 Å². The molecule has 29 heavy (non-hydrogen) atoms. The van der Waals surface area contributed by atoms with Gasteiger partial charge in [0.05, 0.1) is 33.0 Å². The third-order valence-corrected chi connectivity index (χ3v) is 5.73. The van der Waals surface area contributed by atoms with Gasteiger partial charge >= 0.3 is 0 Å². The standard InChI is InChI=1S/C19H20BrClF2IN3O2/c1-3-27(4-2)7-8-29-26-19(28)12-10-13(20)16(22)17(23)18(12)25-15-6-5-11(24)9-14(15)21/h5-6,9-10,25H,3-4,7-8H2,1-2H3,(H,26,28). The van der Waals surface area contributed by atoms with Gasteiger partial charge in [-0.05, 0) is 75.9 Å². The molecule has 2 aromatic carbocycles. The number of amides is 1. The summed E-state index contributed by atoms with van der Waals surface area (Å²) in [6, 6.07) is 6.21. The second-order valence-corrected chi connectivity index (χ2v) is 8.47. The van der Waals surface area contributed by atoms with Crippen LogP contribution in [0.15, 0.2) is 28.7 Å². The number of nitrogens with zero attached hydrogens (tertiary/aromatic N) is 1. The smallest absolute Gasteiger partial charge is 0.277 e. The minimum absolute atomic E-state index is 0.131.